The van der Waals surface area contributed by atoms with Gasteiger partial charge in [0, 0.05) is 25.2 Å². The number of likely N-dealkylation sites (N-methyl/N-ethyl adjacent to an activating group) is 1. The van der Waals surface area contributed by atoms with E-state index < -0.39 is 0 Å². The maximum Gasteiger partial charge on any atom is 0.230 e. The van der Waals surface area contributed by atoms with Gasteiger partial charge in [-0.2, -0.15) is 5.26 Å². The first-order chi connectivity index (χ1) is 12.6. The fourth-order valence-electron chi connectivity index (χ4n) is 3.03. The smallest absolute Gasteiger partial charge is 0.230 e. The molecule has 0 spiro atoms. The van der Waals surface area contributed by atoms with Crippen LogP contribution in [0, 0.1) is 11.3 Å². The molecule has 1 N–H and O–H groups in total. The van der Waals surface area contributed by atoms with Crippen LogP contribution in [0.25, 0.3) is 0 Å². The second-order valence-corrected chi connectivity index (χ2v) is 7.50. The summed E-state index contributed by atoms with van der Waals surface area (Å²) in [5.41, 5.74) is 3.78. The van der Waals surface area contributed by atoms with E-state index in [2.05, 4.69) is 28.3 Å². The van der Waals surface area contributed by atoms with E-state index in [4.69, 9.17) is 0 Å². The molecule has 1 aromatic heterocycles. The van der Waals surface area contributed by atoms with E-state index in [1.807, 2.05) is 43.3 Å². The molecular formula is C20H22N4OS. The lowest BCUT2D eigenvalue weighted by molar-refractivity contribution is -0.119. The van der Waals surface area contributed by atoms with Crippen LogP contribution in [-0.2, 0) is 17.8 Å². The Hall–Kier alpha value is -2.36. The molecular weight excluding hydrogens is 344 g/mol. The minimum Gasteiger partial charge on any atom is -0.349 e. The molecule has 1 amide bonds. The molecule has 0 fully saturated rings. The summed E-state index contributed by atoms with van der Waals surface area (Å²) >= 11 is 1.33. The number of pyridine rings is 1. The van der Waals surface area contributed by atoms with Crippen molar-refractivity contribution in [3.63, 3.8) is 0 Å². The van der Waals surface area contributed by atoms with E-state index in [9.17, 15) is 10.1 Å². The molecule has 0 radical (unpaired) electrons. The third-order valence-corrected chi connectivity index (χ3v) is 5.46. The molecule has 2 heterocycles. The summed E-state index contributed by atoms with van der Waals surface area (Å²) < 4.78 is 0. The van der Waals surface area contributed by atoms with Crippen LogP contribution < -0.4 is 5.32 Å². The van der Waals surface area contributed by atoms with Crippen molar-refractivity contribution >= 4 is 17.7 Å². The van der Waals surface area contributed by atoms with Crippen LogP contribution in [0.2, 0.25) is 0 Å². The van der Waals surface area contributed by atoms with Crippen LogP contribution in [0.4, 0.5) is 0 Å². The third kappa shape index (κ3) is 4.43. The van der Waals surface area contributed by atoms with Gasteiger partial charge in [-0.15, -0.1) is 0 Å². The van der Waals surface area contributed by atoms with Gasteiger partial charge in [0.2, 0.25) is 5.91 Å². The van der Waals surface area contributed by atoms with Gasteiger partial charge in [-0.1, -0.05) is 42.1 Å². The number of amides is 1. The normalized spacial score (nSPS) is 15.0. The number of nitrogens with zero attached hydrogens (tertiary/aromatic N) is 3. The molecule has 0 unspecified atom stereocenters. The number of nitriles is 1. The number of aromatic nitrogens is 1. The van der Waals surface area contributed by atoms with Gasteiger partial charge in [-0.25, -0.2) is 4.98 Å². The largest absolute Gasteiger partial charge is 0.349 e. The first-order valence-corrected chi connectivity index (χ1v) is 9.64. The number of carbonyl (C=O) groups excluding carboxylic acids is 1. The Morgan fingerprint density at radius 2 is 2.19 bits per heavy atom. The van der Waals surface area contributed by atoms with Gasteiger partial charge >= 0.3 is 0 Å². The Morgan fingerprint density at radius 1 is 1.42 bits per heavy atom. The zero-order valence-corrected chi connectivity index (χ0v) is 15.8. The third-order valence-electron chi connectivity index (χ3n) is 4.46. The lowest BCUT2D eigenvalue weighted by Gasteiger charge is -2.24. The van der Waals surface area contributed by atoms with Crippen molar-refractivity contribution in [1.29, 1.82) is 5.26 Å². The van der Waals surface area contributed by atoms with E-state index in [0.717, 1.165) is 36.3 Å². The van der Waals surface area contributed by atoms with Crippen molar-refractivity contribution in [3.05, 3.63) is 58.8 Å². The summed E-state index contributed by atoms with van der Waals surface area (Å²) in [5.74, 6) is 0.187. The molecule has 0 saturated heterocycles. The van der Waals surface area contributed by atoms with Gasteiger partial charge in [0.05, 0.1) is 17.4 Å². The van der Waals surface area contributed by atoms with Crippen molar-refractivity contribution in [2.45, 2.75) is 31.0 Å². The molecule has 1 aliphatic rings. The van der Waals surface area contributed by atoms with Gasteiger partial charge < -0.3 is 10.2 Å². The average molecular weight is 366 g/mol. The maximum atomic E-state index is 12.3. The fourth-order valence-corrected chi connectivity index (χ4v) is 3.81. The van der Waals surface area contributed by atoms with Crippen LogP contribution in [0.1, 0.15) is 35.3 Å². The highest BCUT2D eigenvalue weighted by atomic mass is 32.2. The van der Waals surface area contributed by atoms with Crippen molar-refractivity contribution in [2.24, 2.45) is 0 Å². The van der Waals surface area contributed by atoms with Gasteiger partial charge in [0.15, 0.2) is 0 Å². The highest BCUT2D eigenvalue weighted by Crippen LogP contribution is 2.26. The van der Waals surface area contributed by atoms with Crippen LogP contribution in [0.3, 0.4) is 0 Å². The Bertz CT molecular complexity index is 832. The molecule has 1 aromatic carbocycles. The number of hydrogen-bond donors (Lipinski definition) is 1. The summed E-state index contributed by atoms with van der Waals surface area (Å²) in [4.78, 5) is 19.2. The van der Waals surface area contributed by atoms with Crippen molar-refractivity contribution < 1.29 is 4.79 Å². The molecule has 0 bridgehead atoms. The number of carbonyl (C=O) groups is 1. The van der Waals surface area contributed by atoms with Crippen molar-refractivity contribution in [2.75, 3.05) is 19.3 Å². The van der Waals surface area contributed by atoms with Crippen LogP contribution in [0.15, 0.2) is 41.4 Å². The second kappa shape index (κ2) is 8.35. The molecule has 3 rings (SSSR count). The lowest BCUT2D eigenvalue weighted by atomic mass is 10.0. The first kappa shape index (κ1) is 18.4. The summed E-state index contributed by atoms with van der Waals surface area (Å²) in [6.07, 6.45) is 0.877. The fraction of sp³-hybridized carbons (Fsp3) is 0.350. The zero-order valence-electron chi connectivity index (χ0n) is 15.0. The molecule has 134 valence electrons. The van der Waals surface area contributed by atoms with E-state index in [-0.39, 0.29) is 17.7 Å². The average Bonchev–Trinajstić information content (AvgIpc) is 2.66. The molecule has 0 saturated carbocycles. The minimum atomic E-state index is -0.0607. The van der Waals surface area contributed by atoms with Gasteiger partial charge in [-0.3, -0.25) is 4.79 Å². The van der Waals surface area contributed by atoms with E-state index >= 15 is 0 Å². The molecule has 1 aliphatic heterocycles. The number of hydrogen-bond acceptors (Lipinski definition) is 5. The predicted molar refractivity (Wildman–Crippen MR) is 103 cm³/mol. The standard InChI is InChI=1S/C20H22N4OS/c1-14(15-6-4-3-5-7-15)22-19(25)13-26-20-16(11-21)10-17-12-24(2)9-8-18(17)23-20/h3-7,10,14H,8-9,12-13H2,1-2H3,(H,22,25)/t14-/m1/s1. The number of rotatable bonds is 5. The Labute approximate surface area is 158 Å². The van der Waals surface area contributed by atoms with Crippen molar-refractivity contribution in [1.82, 2.24) is 15.2 Å². The number of thioether (sulfide) groups is 1. The molecule has 6 heteroatoms. The van der Waals surface area contributed by atoms with Crippen LogP contribution in [0.5, 0.6) is 0 Å². The van der Waals surface area contributed by atoms with Crippen LogP contribution in [-0.4, -0.2) is 35.1 Å². The second-order valence-electron chi connectivity index (χ2n) is 6.54. The highest BCUT2D eigenvalue weighted by Gasteiger charge is 2.19. The van der Waals surface area contributed by atoms with Gasteiger partial charge in [-0.05, 0) is 31.2 Å². The SMILES string of the molecule is C[C@@H](NC(=O)CSc1nc2c(cc1C#N)CN(C)CC2)c1ccccc1. The quantitative estimate of drug-likeness (QED) is 0.824. The van der Waals surface area contributed by atoms with Crippen molar-refractivity contribution in [3.8, 4) is 6.07 Å². The highest BCUT2D eigenvalue weighted by molar-refractivity contribution is 8.00. The predicted octanol–water partition coefficient (Wildman–Crippen LogP) is 2.91. The van der Waals surface area contributed by atoms with Crippen LogP contribution >= 0.6 is 11.8 Å². The van der Waals surface area contributed by atoms with E-state index in [0.29, 0.717) is 10.6 Å². The summed E-state index contributed by atoms with van der Waals surface area (Å²) in [6.45, 7) is 3.74. The first-order valence-electron chi connectivity index (χ1n) is 8.65. The molecule has 1 atom stereocenters. The number of benzene rings is 1. The monoisotopic (exact) mass is 366 g/mol. The molecule has 5 nitrogen and oxygen atoms in total. The van der Waals surface area contributed by atoms with Gasteiger partial charge in [0.25, 0.3) is 0 Å². The summed E-state index contributed by atoms with van der Waals surface area (Å²) in [6, 6.07) is 14.0. The Kier molecular flexibility index (Phi) is 5.92. The molecule has 2 aromatic rings. The summed E-state index contributed by atoms with van der Waals surface area (Å²) in [7, 11) is 2.07. The Balaban J connectivity index is 1.64. The zero-order chi connectivity index (χ0) is 18.5. The summed E-state index contributed by atoms with van der Waals surface area (Å²) in [5, 5.41) is 13.1. The number of nitrogens with one attached hydrogen (secondary N) is 1. The molecule has 26 heavy (non-hydrogen) atoms. The molecule has 0 aliphatic carbocycles. The minimum absolute atomic E-state index is 0.0493. The lowest BCUT2D eigenvalue weighted by Crippen LogP contribution is -2.28. The Morgan fingerprint density at radius 3 is 2.92 bits per heavy atom. The topological polar surface area (TPSA) is 69.0 Å². The van der Waals surface area contributed by atoms with E-state index in [1.54, 1.807) is 0 Å². The van der Waals surface area contributed by atoms with E-state index in [1.165, 1.54) is 11.8 Å². The van der Waals surface area contributed by atoms with Gasteiger partial charge in [0.1, 0.15) is 11.1 Å². The maximum absolute atomic E-state index is 12.3. The number of fused-ring (bicyclic) bond motifs is 1.